The van der Waals surface area contributed by atoms with Crippen LogP contribution in [0.2, 0.25) is 0 Å². The van der Waals surface area contributed by atoms with Gasteiger partial charge in [-0.25, -0.2) is 4.79 Å². The maximum atomic E-state index is 12.4. The molecule has 3 aromatic carbocycles. The number of benzene rings is 3. The standard InChI is InChI=1S/C21H17N3O2/c25-20-18-11-4-5-12-19(18)23-24(20)21(26)22-14-15-7-6-10-17(13-15)16-8-2-1-3-9-16/h1-13,23H,14H2,(H,22,26). The minimum atomic E-state index is -0.476. The first-order valence-corrected chi connectivity index (χ1v) is 8.35. The van der Waals surface area contributed by atoms with Crippen LogP contribution in [0.4, 0.5) is 4.79 Å². The van der Waals surface area contributed by atoms with Crippen molar-refractivity contribution < 1.29 is 4.79 Å². The van der Waals surface area contributed by atoms with E-state index in [2.05, 4.69) is 10.4 Å². The number of rotatable bonds is 3. The number of nitrogens with zero attached hydrogens (tertiary/aromatic N) is 1. The van der Waals surface area contributed by atoms with Crippen LogP contribution >= 0.6 is 0 Å². The van der Waals surface area contributed by atoms with E-state index in [1.54, 1.807) is 18.2 Å². The maximum Gasteiger partial charge on any atom is 0.343 e. The molecule has 0 radical (unpaired) electrons. The van der Waals surface area contributed by atoms with Crippen LogP contribution in [0.25, 0.3) is 22.0 Å². The number of aromatic nitrogens is 2. The first kappa shape index (κ1) is 15.9. The Balaban J connectivity index is 1.53. The molecule has 0 saturated carbocycles. The molecule has 0 aliphatic rings. The third-order valence-corrected chi connectivity index (χ3v) is 4.27. The smallest absolute Gasteiger partial charge is 0.332 e. The van der Waals surface area contributed by atoms with E-state index in [4.69, 9.17) is 0 Å². The quantitative estimate of drug-likeness (QED) is 0.595. The molecule has 0 saturated heterocycles. The Kier molecular flexibility index (Phi) is 4.11. The Labute approximate surface area is 149 Å². The summed E-state index contributed by atoms with van der Waals surface area (Å²) in [6.45, 7) is 0.335. The van der Waals surface area contributed by atoms with Crippen molar-refractivity contribution in [3.05, 3.63) is 94.8 Å². The molecule has 2 N–H and O–H groups in total. The molecule has 0 aliphatic carbocycles. The number of hydrogen-bond donors (Lipinski definition) is 2. The summed E-state index contributed by atoms with van der Waals surface area (Å²) in [7, 11) is 0. The molecule has 1 amide bonds. The number of H-pyrrole nitrogens is 1. The third-order valence-electron chi connectivity index (χ3n) is 4.27. The second-order valence-corrected chi connectivity index (χ2v) is 6.02. The summed E-state index contributed by atoms with van der Waals surface area (Å²) < 4.78 is 1.01. The zero-order chi connectivity index (χ0) is 17.9. The number of carbonyl (C=O) groups is 1. The van der Waals surface area contributed by atoms with Crippen molar-refractivity contribution in [2.45, 2.75) is 6.54 Å². The van der Waals surface area contributed by atoms with Crippen LogP contribution < -0.4 is 10.9 Å². The van der Waals surface area contributed by atoms with Crippen LogP contribution in [-0.4, -0.2) is 15.8 Å². The van der Waals surface area contributed by atoms with Crippen LogP contribution in [-0.2, 0) is 6.54 Å². The van der Waals surface area contributed by atoms with Gasteiger partial charge in [-0.15, -0.1) is 0 Å². The van der Waals surface area contributed by atoms with Gasteiger partial charge in [0, 0.05) is 6.54 Å². The highest BCUT2D eigenvalue weighted by Gasteiger charge is 2.12. The largest absolute Gasteiger partial charge is 0.343 e. The van der Waals surface area contributed by atoms with Crippen molar-refractivity contribution in [2.75, 3.05) is 0 Å². The number of carbonyl (C=O) groups excluding carboxylic acids is 1. The topological polar surface area (TPSA) is 66.9 Å². The van der Waals surface area contributed by atoms with E-state index < -0.39 is 6.03 Å². The van der Waals surface area contributed by atoms with Gasteiger partial charge in [-0.1, -0.05) is 60.7 Å². The van der Waals surface area contributed by atoms with Gasteiger partial charge in [-0.2, -0.15) is 4.68 Å². The molecule has 0 fully saturated rings. The van der Waals surface area contributed by atoms with E-state index in [0.29, 0.717) is 17.4 Å². The Hall–Kier alpha value is -3.60. The maximum absolute atomic E-state index is 12.4. The predicted molar refractivity (Wildman–Crippen MR) is 102 cm³/mol. The van der Waals surface area contributed by atoms with Gasteiger partial charge in [0.05, 0.1) is 10.9 Å². The molecule has 1 aromatic heterocycles. The lowest BCUT2D eigenvalue weighted by Crippen LogP contribution is -2.35. The highest BCUT2D eigenvalue weighted by atomic mass is 16.2. The van der Waals surface area contributed by atoms with Crippen molar-refractivity contribution in [2.24, 2.45) is 0 Å². The third kappa shape index (κ3) is 3.02. The summed E-state index contributed by atoms with van der Waals surface area (Å²) in [5.74, 6) is 0. The van der Waals surface area contributed by atoms with Crippen LogP contribution in [0.3, 0.4) is 0 Å². The monoisotopic (exact) mass is 343 g/mol. The van der Waals surface area contributed by atoms with Crippen molar-refractivity contribution >= 4 is 16.9 Å². The van der Waals surface area contributed by atoms with Gasteiger partial charge in [0.15, 0.2) is 0 Å². The summed E-state index contributed by atoms with van der Waals surface area (Å²) in [6, 6.07) is 24.6. The summed E-state index contributed by atoms with van der Waals surface area (Å²) in [5, 5.41) is 6.11. The second-order valence-electron chi connectivity index (χ2n) is 6.02. The van der Waals surface area contributed by atoms with Gasteiger partial charge in [0.2, 0.25) is 0 Å². The lowest BCUT2D eigenvalue weighted by molar-refractivity contribution is 0.238. The lowest BCUT2D eigenvalue weighted by atomic mass is 10.0. The molecule has 0 spiro atoms. The molecule has 0 aliphatic heterocycles. The number of hydrogen-bond acceptors (Lipinski definition) is 2. The molecule has 5 heteroatoms. The van der Waals surface area contributed by atoms with E-state index in [1.807, 2.05) is 60.7 Å². The molecule has 4 rings (SSSR count). The van der Waals surface area contributed by atoms with E-state index in [-0.39, 0.29) is 5.56 Å². The zero-order valence-electron chi connectivity index (χ0n) is 14.0. The summed E-state index contributed by atoms with van der Waals surface area (Å²) in [4.78, 5) is 24.7. The van der Waals surface area contributed by atoms with Gasteiger partial charge >= 0.3 is 6.03 Å². The molecule has 5 nitrogen and oxygen atoms in total. The Bertz CT molecular complexity index is 1130. The molecule has 0 atom stereocenters. The van der Waals surface area contributed by atoms with Gasteiger partial charge in [-0.05, 0) is 34.9 Å². The van der Waals surface area contributed by atoms with E-state index in [1.165, 1.54) is 0 Å². The molecule has 26 heavy (non-hydrogen) atoms. The highest BCUT2D eigenvalue weighted by molar-refractivity contribution is 5.84. The highest BCUT2D eigenvalue weighted by Crippen LogP contribution is 2.19. The first-order valence-electron chi connectivity index (χ1n) is 8.35. The van der Waals surface area contributed by atoms with Gasteiger partial charge in [-0.3, -0.25) is 9.89 Å². The van der Waals surface area contributed by atoms with E-state index in [0.717, 1.165) is 21.4 Å². The molecular weight excluding hydrogens is 326 g/mol. The molecule has 4 aromatic rings. The number of fused-ring (bicyclic) bond motifs is 1. The van der Waals surface area contributed by atoms with Crippen LogP contribution in [0.1, 0.15) is 5.56 Å². The lowest BCUT2D eigenvalue weighted by Gasteiger charge is -2.07. The molecule has 128 valence electrons. The number of para-hydroxylation sites is 1. The van der Waals surface area contributed by atoms with Gasteiger partial charge in [0.25, 0.3) is 5.56 Å². The zero-order valence-corrected chi connectivity index (χ0v) is 14.0. The molecular formula is C21H17N3O2. The summed E-state index contributed by atoms with van der Waals surface area (Å²) in [6.07, 6.45) is 0. The second kappa shape index (κ2) is 6.72. The number of aromatic amines is 1. The van der Waals surface area contributed by atoms with E-state index in [9.17, 15) is 9.59 Å². The van der Waals surface area contributed by atoms with Crippen molar-refractivity contribution in [1.82, 2.24) is 15.1 Å². The van der Waals surface area contributed by atoms with Crippen LogP contribution in [0.15, 0.2) is 83.7 Å². The summed E-state index contributed by atoms with van der Waals surface area (Å²) in [5.41, 5.74) is 3.45. The average molecular weight is 343 g/mol. The number of amides is 1. The Morgan fingerprint density at radius 1 is 0.885 bits per heavy atom. The SMILES string of the molecule is O=C(NCc1cccc(-c2ccccc2)c1)n1[nH]c2ccccc2c1=O. The molecule has 0 bridgehead atoms. The fourth-order valence-corrected chi connectivity index (χ4v) is 2.95. The van der Waals surface area contributed by atoms with Crippen molar-refractivity contribution in [3.63, 3.8) is 0 Å². The normalized spacial score (nSPS) is 10.8. The van der Waals surface area contributed by atoms with Crippen molar-refractivity contribution in [1.29, 1.82) is 0 Å². The average Bonchev–Trinajstić information content (AvgIpc) is 3.04. The molecule has 0 unspecified atom stereocenters. The van der Waals surface area contributed by atoms with Crippen LogP contribution in [0, 0.1) is 0 Å². The van der Waals surface area contributed by atoms with Crippen molar-refractivity contribution in [3.8, 4) is 11.1 Å². The van der Waals surface area contributed by atoms with Crippen LogP contribution in [0.5, 0.6) is 0 Å². The van der Waals surface area contributed by atoms with Gasteiger partial charge < -0.3 is 5.32 Å². The molecule has 1 heterocycles. The minimum Gasteiger partial charge on any atom is -0.332 e. The van der Waals surface area contributed by atoms with Gasteiger partial charge in [0.1, 0.15) is 0 Å². The first-order chi connectivity index (χ1) is 12.7. The van der Waals surface area contributed by atoms with E-state index >= 15 is 0 Å². The fraction of sp³-hybridized carbons (Fsp3) is 0.0476. The minimum absolute atomic E-state index is 0.335. The Morgan fingerprint density at radius 3 is 2.42 bits per heavy atom. The number of nitrogens with one attached hydrogen (secondary N) is 2. The Morgan fingerprint density at radius 2 is 1.62 bits per heavy atom. The predicted octanol–water partition coefficient (Wildman–Crippen LogP) is 3.75. The summed E-state index contributed by atoms with van der Waals surface area (Å²) >= 11 is 0. The fourth-order valence-electron chi connectivity index (χ4n) is 2.95.